The lowest BCUT2D eigenvalue weighted by molar-refractivity contribution is -0.122. The molecule has 24 heavy (non-hydrogen) atoms. The van der Waals surface area contributed by atoms with E-state index in [2.05, 4.69) is 10.6 Å². The van der Waals surface area contributed by atoms with E-state index in [1.165, 1.54) is 0 Å². The quantitative estimate of drug-likeness (QED) is 0.844. The number of anilines is 2. The fourth-order valence-electron chi connectivity index (χ4n) is 2.72. The SMILES string of the molecule is O=C(CCc1ccccc1)Nc1cccc(NC(=O)C2CCC2)c1. The van der Waals surface area contributed by atoms with Crippen molar-refractivity contribution >= 4 is 23.2 Å². The van der Waals surface area contributed by atoms with Crippen molar-refractivity contribution in [2.45, 2.75) is 32.1 Å². The summed E-state index contributed by atoms with van der Waals surface area (Å²) in [6.45, 7) is 0. The Hall–Kier alpha value is -2.62. The zero-order chi connectivity index (χ0) is 16.8. The van der Waals surface area contributed by atoms with E-state index < -0.39 is 0 Å². The third-order valence-corrected chi connectivity index (χ3v) is 4.37. The largest absolute Gasteiger partial charge is 0.326 e. The van der Waals surface area contributed by atoms with Gasteiger partial charge in [0.05, 0.1) is 0 Å². The summed E-state index contributed by atoms with van der Waals surface area (Å²) in [6, 6.07) is 17.3. The Morgan fingerprint density at radius 2 is 1.62 bits per heavy atom. The van der Waals surface area contributed by atoms with Crippen molar-refractivity contribution in [1.82, 2.24) is 0 Å². The highest BCUT2D eigenvalue weighted by Crippen LogP contribution is 2.28. The second-order valence-corrected chi connectivity index (χ2v) is 6.23. The summed E-state index contributed by atoms with van der Waals surface area (Å²) >= 11 is 0. The van der Waals surface area contributed by atoms with E-state index in [0.717, 1.165) is 30.5 Å². The molecule has 4 heteroatoms. The topological polar surface area (TPSA) is 58.2 Å². The van der Waals surface area contributed by atoms with Gasteiger partial charge in [-0.1, -0.05) is 42.8 Å². The molecule has 0 atom stereocenters. The highest BCUT2D eigenvalue weighted by atomic mass is 16.2. The van der Waals surface area contributed by atoms with Gasteiger partial charge in [-0.2, -0.15) is 0 Å². The number of benzene rings is 2. The number of amides is 2. The first-order valence-corrected chi connectivity index (χ1v) is 8.45. The zero-order valence-corrected chi connectivity index (χ0v) is 13.6. The van der Waals surface area contributed by atoms with Gasteiger partial charge in [-0.25, -0.2) is 0 Å². The molecule has 0 aromatic heterocycles. The maximum atomic E-state index is 12.1. The van der Waals surface area contributed by atoms with E-state index >= 15 is 0 Å². The summed E-state index contributed by atoms with van der Waals surface area (Å²) in [4.78, 5) is 24.1. The second kappa shape index (κ2) is 7.77. The van der Waals surface area contributed by atoms with Crippen molar-refractivity contribution in [2.75, 3.05) is 10.6 Å². The van der Waals surface area contributed by atoms with Gasteiger partial charge >= 0.3 is 0 Å². The summed E-state index contributed by atoms with van der Waals surface area (Å²) in [5.41, 5.74) is 2.58. The van der Waals surface area contributed by atoms with Crippen molar-refractivity contribution in [3.63, 3.8) is 0 Å². The molecule has 2 amide bonds. The Morgan fingerprint density at radius 1 is 0.917 bits per heavy atom. The fraction of sp³-hybridized carbons (Fsp3) is 0.300. The van der Waals surface area contributed by atoms with Gasteiger partial charge < -0.3 is 10.6 Å². The second-order valence-electron chi connectivity index (χ2n) is 6.23. The third kappa shape index (κ3) is 4.44. The minimum absolute atomic E-state index is 0.0266. The standard InChI is InChI=1S/C20H22N2O2/c23-19(13-12-15-6-2-1-3-7-15)21-17-10-5-11-18(14-17)22-20(24)16-8-4-9-16/h1-3,5-7,10-11,14,16H,4,8-9,12-13H2,(H,21,23)(H,22,24). The van der Waals surface area contributed by atoms with Crippen molar-refractivity contribution < 1.29 is 9.59 Å². The van der Waals surface area contributed by atoms with E-state index in [9.17, 15) is 9.59 Å². The molecular formula is C20H22N2O2. The van der Waals surface area contributed by atoms with Crippen LogP contribution in [-0.4, -0.2) is 11.8 Å². The molecular weight excluding hydrogens is 300 g/mol. The van der Waals surface area contributed by atoms with Crippen molar-refractivity contribution in [2.24, 2.45) is 5.92 Å². The van der Waals surface area contributed by atoms with Gasteiger partial charge in [-0.15, -0.1) is 0 Å². The molecule has 1 aliphatic rings. The maximum Gasteiger partial charge on any atom is 0.227 e. The minimum Gasteiger partial charge on any atom is -0.326 e. The molecule has 0 radical (unpaired) electrons. The van der Waals surface area contributed by atoms with Crippen LogP contribution in [0.1, 0.15) is 31.2 Å². The molecule has 0 heterocycles. The molecule has 3 rings (SSSR count). The highest BCUT2D eigenvalue weighted by Gasteiger charge is 2.25. The summed E-state index contributed by atoms with van der Waals surface area (Å²) in [5.74, 6) is 0.198. The Labute approximate surface area is 142 Å². The monoisotopic (exact) mass is 322 g/mol. The first kappa shape index (κ1) is 16.2. The van der Waals surface area contributed by atoms with Crippen LogP contribution in [0.25, 0.3) is 0 Å². The van der Waals surface area contributed by atoms with Gasteiger partial charge in [0.25, 0.3) is 0 Å². The van der Waals surface area contributed by atoms with Crippen molar-refractivity contribution in [3.05, 3.63) is 60.2 Å². The molecule has 2 aromatic carbocycles. The molecule has 1 fully saturated rings. The minimum atomic E-state index is -0.0266. The Kier molecular flexibility index (Phi) is 5.26. The summed E-state index contributed by atoms with van der Waals surface area (Å²) in [5, 5.41) is 5.82. The number of aryl methyl sites for hydroxylation is 1. The van der Waals surface area contributed by atoms with Crippen LogP contribution in [-0.2, 0) is 16.0 Å². The van der Waals surface area contributed by atoms with Crippen LogP contribution in [0.3, 0.4) is 0 Å². The van der Waals surface area contributed by atoms with Gasteiger partial charge in [-0.3, -0.25) is 9.59 Å². The zero-order valence-electron chi connectivity index (χ0n) is 13.6. The van der Waals surface area contributed by atoms with E-state index in [-0.39, 0.29) is 17.7 Å². The molecule has 0 aliphatic heterocycles. The molecule has 2 aromatic rings. The van der Waals surface area contributed by atoms with Crippen LogP contribution >= 0.6 is 0 Å². The van der Waals surface area contributed by atoms with Crippen LogP contribution in [0.15, 0.2) is 54.6 Å². The van der Waals surface area contributed by atoms with Gasteiger partial charge in [-0.05, 0) is 43.0 Å². The number of nitrogens with one attached hydrogen (secondary N) is 2. The van der Waals surface area contributed by atoms with Gasteiger partial charge in [0, 0.05) is 23.7 Å². The third-order valence-electron chi connectivity index (χ3n) is 4.37. The van der Waals surface area contributed by atoms with Crippen LogP contribution in [0.2, 0.25) is 0 Å². The number of carbonyl (C=O) groups is 2. The lowest BCUT2D eigenvalue weighted by Crippen LogP contribution is -2.28. The average Bonchev–Trinajstić information content (AvgIpc) is 2.52. The van der Waals surface area contributed by atoms with Gasteiger partial charge in [0.2, 0.25) is 11.8 Å². The van der Waals surface area contributed by atoms with E-state index in [1.54, 1.807) is 6.07 Å². The number of hydrogen-bond acceptors (Lipinski definition) is 2. The summed E-state index contributed by atoms with van der Waals surface area (Å²) in [7, 11) is 0. The Morgan fingerprint density at radius 3 is 2.29 bits per heavy atom. The normalized spacial score (nSPS) is 13.8. The first-order valence-electron chi connectivity index (χ1n) is 8.45. The molecule has 4 nitrogen and oxygen atoms in total. The molecule has 1 aliphatic carbocycles. The Bertz CT molecular complexity index is 709. The lowest BCUT2D eigenvalue weighted by atomic mass is 9.85. The smallest absolute Gasteiger partial charge is 0.227 e. The van der Waals surface area contributed by atoms with Gasteiger partial charge in [0.1, 0.15) is 0 Å². The number of carbonyl (C=O) groups excluding carboxylic acids is 2. The van der Waals surface area contributed by atoms with Crippen LogP contribution in [0, 0.1) is 5.92 Å². The van der Waals surface area contributed by atoms with Gasteiger partial charge in [0.15, 0.2) is 0 Å². The first-order chi connectivity index (χ1) is 11.7. The summed E-state index contributed by atoms with van der Waals surface area (Å²) < 4.78 is 0. The van der Waals surface area contributed by atoms with Crippen LogP contribution in [0.4, 0.5) is 11.4 Å². The molecule has 1 saturated carbocycles. The number of hydrogen-bond donors (Lipinski definition) is 2. The van der Waals surface area contributed by atoms with Crippen LogP contribution < -0.4 is 10.6 Å². The van der Waals surface area contributed by atoms with Crippen LogP contribution in [0.5, 0.6) is 0 Å². The molecule has 2 N–H and O–H groups in total. The predicted molar refractivity (Wildman–Crippen MR) is 95.8 cm³/mol. The van der Waals surface area contributed by atoms with E-state index in [1.807, 2.05) is 48.5 Å². The predicted octanol–water partition coefficient (Wildman–Crippen LogP) is 4.00. The molecule has 0 unspecified atom stereocenters. The lowest BCUT2D eigenvalue weighted by Gasteiger charge is -2.24. The number of rotatable bonds is 6. The molecule has 124 valence electrons. The molecule has 0 bridgehead atoms. The summed E-state index contributed by atoms with van der Waals surface area (Å²) in [6.07, 6.45) is 4.23. The maximum absolute atomic E-state index is 12.1. The highest BCUT2D eigenvalue weighted by molar-refractivity contribution is 5.95. The molecule has 0 spiro atoms. The molecule has 0 saturated heterocycles. The van der Waals surface area contributed by atoms with Crippen molar-refractivity contribution in [3.8, 4) is 0 Å². The average molecular weight is 322 g/mol. The fourth-order valence-corrected chi connectivity index (χ4v) is 2.72. The van der Waals surface area contributed by atoms with E-state index in [0.29, 0.717) is 18.5 Å². The Balaban J connectivity index is 1.51. The van der Waals surface area contributed by atoms with E-state index in [4.69, 9.17) is 0 Å². The van der Waals surface area contributed by atoms with Crippen molar-refractivity contribution in [1.29, 1.82) is 0 Å².